The fourth-order valence-corrected chi connectivity index (χ4v) is 5.43. The predicted molar refractivity (Wildman–Crippen MR) is 214 cm³/mol. The molecule has 0 aliphatic carbocycles. The van der Waals surface area contributed by atoms with Crippen LogP contribution in [-0.2, 0) is 67.3 Å². The van der Waals surface area contributed by atoms with Crippen LogP contribution in [0.1, 0.15) is 16.7 Å². The zero-order valence-electron chi connectivity index (χ0n) is 33.5. The van der Waals surface area contributed by atoms with Crippen LogP contribution in [0.4, 0.5) is 0 Å². The molecule has 0 unspecified atom stereocenters. The number of benzene rings is 3. The standard InChI is InChI=1S/C43H61NO14/c45-41(36-57-37-42(46)47)44-16-17-48-18-19-49-20-21-50-22-23-51-24-25-52-26-27-53-28-29-54-30-31-55-32-33-56-34-35-58-43(38-10-4-1-5-11-38,39-12-6-2-7-13-39)40-14-8-3-9-15-40/h1-15H,16-37H2,(H,44,45)(H,46,47). The van der Waals surface area contributed by atoms with Crippen LogP contribution in [0, 0.1) is 0 Å². The van der Waals surface area contributed by atoms with Crippen LogP contribution >= 0.6 is 0 Å². The summed E-state index contributed by atoms with van der Waals surface area (Å²) >= 11 is 0. The summed E-state index contributed by atoms with van der Waals surface area (Å²) in [6.45, 7) is 7.88. The van der Waals surface area contributed by atoms with Gasteiger partial charge in [-0.25, -0.2) is 4.79 Å². The Balaban J connectivity index is 1.04. The van der Waals surface area contributed by atoms with Gasteiger partial charge in [0.25, 0.3) is 0 Å². The lowest BCUT2D eigenvalue weighted by Crippen LogP contribution is -2.34. The van der Waals surface area contributed by atoms with Crippen LogP contribution < -0.4 is 5.32 Å². The van der Waals surface area contributed by atoms with Crippen LogP contribution in [-0.4, -0.2) is 162 Å². The smallest absolute Gasteiger partial charge is 0.329 e. The lowest BCUT2D eigenvalue weighted by atomic mass is 9.80. The van der Waals surface area contributed by atoms with Crippen LogP contribution in [0.2, 0.25) is 0 Å². The molecule has 15 heteroatoms. The molecule has 0 heterocycles. The quantitative estimate of drug-likeness (QED) is 0.0639. The van der Waals surface area contributed by atoms with E-state index in [1.54, 1.807) is 0 Å². The summed E-state index contributed by atoms with van der Waals surface area (Å²) in [6, 6.07) is 30.9. The summed E-state index contributed by atoms with van der Waals surface area (Å²) in [6.07, 6.45) is 0. The van der Waals surface area contributed by atoms with Gasteiger partial charge in [-0.05, 0) is 16.7 Å². The molecule has 1 amide bonds. The maximum Gasteiger partial charge on any atom is 0.329 e. The summed E-state index contributed by atoms with van der Waals surface area (Å²) in [5, 5.41) is 11.0. The average molecular weight is 816 g/mol. The molecule has 0 fully saturated rings. The minimum atomic E-state index is -1.12. The summed E-state index contributed by atoms with van der Waals surface area (Å²) in [5.41, 5.74) is 2.41. The zero-order chi connectivity index (χ0) is 41.0. The zero-order valence-corrected chi connectivity index (χ0v) is 33.5. The van der Waals surface area contributed by atoms with Crippen molar-refractivity contribution < 1.29 is 66.8 Å². The highest BCUT2D eigenvalue weighted by Gasteiger charge is 2.37. The first-order valence-corrected chi connectivity index (χ1v) is 19.7. The number of aliphatic carboxylic acids is 1. The molecule has 0 saturated heterocycles. The van der Waals surface area contributed by atoms with Gasteiger partial charge < -0.3 is 62.5 Å². The Kier molecular flexibility index (Phi) is 27.6. The number of carboxylic acids is 1. The monoisotopic (exact) mass is 815 g/mol. The molecule has 3 aromatic rings. The van der Waals surface area contributed by atoms with Gasteiger partial charge in [-0.2, -0.15) is 0 Å². The fourth-order valence-electron chi connectivity index (χ4n) is 5.43. The van der Waals surface area contributed by atoms with Gasteiger partial charge in [0, 0.05) is 6.54 Å². The molecule has 0 atom stereocenters. The van der Waals surface area contributed by atoms with Gasteiger partial charge in [-0.3, -0.25) is 4.79 Å². The molecule has 322 valence electrons. The van der Waals surface area contributed by atoms with Crippen molar-refractivity contribution in [3.63, 3.8) is 0 Å². The lowest BCUT2D eigenvalue weighted by Gasteiger charge is -2.36. The molecule has 0 spiro atoms. The van der Waals surface area contributed by atoms with Crippen molar-refractivity contribution in [3.05, 3.63) is 108 Å². The van der Waals surface area contributed by atoms with E-state index in [9.17, 15) is 9.59 Å². The first-order valence-electron chi connectivity index (χ1n) is 19.7. The molecule has 3 rings (SSSR count). The highest BCUT2D eigenvalue weighted by molar-refractivity contribution is 5.77. The van der Waals surface area contributed by atoms with Crippen LogP contribution in [0.25, 0.3) is 0 Å². The fraction of sp³-hybridized carbons (Fsp3) is 0.535. The third-order valence-corrected chi connectivity index (χ3v) is 8.09. The number of amides is 1. The van der Waals surface area contributed by atoms with Crippen molar-refractivity contribution in [1.82, 2.24) is 5.32 Å². The SMILES string of the molecule is O=C(O)COCC(=O)NCCOCCOCCOCCOCCOCCOCCOCCOCCOCCOC(c1ccccc1)(c1ccccc1)c1ccccc1. The van der Waals surface area contributed by atoms with Crippen molar-refractivity contribution >= 4 is 11.9 Å². The number of carboxylic acid groups (broad SMARTS) is 1. The summed E-state index contributed by atoms with van der Waals surface area (Å²) in [4.78, 5) is 21.7. The van der Waals surface area contributed by atoms with E-state index in [-0.39, 0.29) is 6.61 Å². The van der Waals surface area contributed by atoms with Gasteiger partial charge in [-0.15, -0.1) is 0 Å². The third kappa shape index (κ3) is 21.8. The Bertz CT molecular complexity index is 1320. The summed E-state index contributed by atoms with van der Waals surface area (Å²) < 4.78 is 61.2. The molecule has 3 aromatic carbocycles. The number of rotatable bonds is 38. The second-order valence-electron chi connectivity index (χ2n) is 12.4. The van der Waals surface area contributed by atoms with E-state index < -0.39 is 24.1 Å². The predicted octanol–water partition coefficient (Wildman–Crippen LogP) is 3.36. The van der Waals surface area contributed by atoms with Crippen molar-refractivity contribution in [2.24, 2.45) is 0 Å². The lowest BCUT2D eigenvalue weighted by molar-refractivity contribution is -0.143. The number of nitrogens with one attached hydrogen (secondary N) is 1. The maximum absolute atomic E-state index is 11.4. The summed E-state index contributed by atoms with van der Waals surface area (Å²) in [5.74, 6) is -1.52. The molecular weight excluding hydrogens is 754 g/mol. The van der Waals surface area contributed by atoms with E-state index in [1.807, 2.05) is 54.6 Å². The van der Waals surface area contributed by atoms with E-state index in [4.69, 9.17) is 52.5 Å². The Labute approximate surface area is 342 Å². The second-order valence-corrected chi connectivity index (χ2v) is 12.4. The Morgan fingerprint density at radius 2 is 0.690 bits per heavy atom. The molecule has 2 N–H and O–H groups in total. The largest absolute Gasteiger partial charge is 0.480 e. The van der Waals surface area contributed by atoms with Crippen LogP contribution in [0.3, 0.4) is 0 Å². The molecule has 0 aromatic heterocycles. The van der Waals surface area contributed by atoms with Crippen molar-refractivity contribution in [1.29, 1.82) is 0 Å². The number of ether oxygens (including phenoxy) is 11. The number of hydrogen-bond acceptors (Lipinski definition) is 13. The van der Waals surface area contributed by atoms with Gasteiger partial charge in [-0.1, -0.05) is 91.0 Å². The first-order chi connectivity index (χ1) is 28.6. The Hall–Kier alpha value is -3.84. The minimum Gasteiger partial charge on any atom is -0.480 e. The normalized spacial score (nSPS) is 11.5. The van der Waals surface area contributed by atoms with Crippen molar-refractivity contribution in [3.8, 4) is 0 Å². The van der Waals surface area contributed by atoms with Gasteiger partial charge in [0.1, 0.15) is 18.8 Å². The molecular formula is C43H61NO14. The van der Waals surface area contributed by atoms with Gasteiger partial charge in [0.2, 0.25) is 5.91 Å². The number of carbonyl (C=O) groups excluding carboxylic acids is 1. The third-order valence-electron chi connectivity index (χ3n) is 8.09. The van der Waals surface area contributed by atoms with Crippen LogP contribution in [0.15, 0.2) is 91.0 Å². The van der Waals surface area contributed by atoms with Crippen LogP contribution in [0.5, 0.6) is 0 Å². The van der Waals surface area contributed by atoms with Crippen molar-refractivity contribution in [2.75, 3.05) is 145 Å². The molecule has 0 saturated carbocycles. The number of hydrogen-bond donors (Lipinski definition) is 2. The second kappa shape index (κ2) is 33.0. The summed E-state index contributed by atoms with van der Waals surface area (Å²) in [7, 11) is 0. The van der Waals surface area contributed by atoms with E-state index in [0.29, 0.717) is 132 Å². The topological polar surface area (TPSA) is 168 Å². The first kappa shape index (κ1) is 48.5. The molecule has 0 radical (unpaired) electrons. The van der Waals surface area contributed by atoms with E-state index in [2.05, 4.69) is 46.5 Å². The molecule has 0 aliphatic rings. The van der Waals surface area contributed by atoms with Gasteiger partial charge in [0.15, 0.2) is 0 Å². The Morgan fingerprint density at radius 3 is 1.00 bits per heavy atom. The van der Waals surface area contributed by atoms with E-state index in [1.165, 1.54) is 0 Å². The van der Waals surface area contributed by atoms with Crippen molar-refractivity contribution in [2.45, 2.75) is 5.60 Å². The maximum atomic E-state index is 11.4. The molecule has 15 nitrogen and oxygen atoms in total. The molecule has 0 bridgehead atoms. The molecule has 0 aliphatic heterocycles. The average Bonchev–Trinajstić information content (AvgIpc) is 3.25. The van der Waals surface area contributed by atoms with Gasteiger partial charge >= 0.3 is 5.97 Å². The van der Waals surface area contributed by atoms with E-state index in [0.717, 1.165) is 16.7 Å². The van der Waals surface area contributed by atoms with E-state index >= 15 is 0 Å². The highest BCUT2D eigenvalue weighted by atomic mass is 16.6. The number of carbonyl (C=O) groups is 2. The minimum absolute atomic E-state index is 0.297. The Morgan fingerprint density at radius 1 is 0.397 bits per heavy atom. The highest BCUT2D eigenvalue weighted by Crippen LogP contribution is 2.40. The molecule has 58 heavy (non-hydrogen) atoms. The van der Waals surface area contributed by atoms with Gasteiger partial charge in [0.05, 0.1) is 126 Å².